The summed E-state index contributed by atoms with van der Waals surface area (Å²) in [5.74, 6) is -1.24. The van der Waals surface area contributed by atoms with Gasteiger partial charge in [-0.25, -0.2) is 14.8 Å². The molecule has 45 heavy (non-hydrogen) atoms. The molecule has 1 fully saturated rings. The summed E-state index contributed by atoms with van der Waals surface area (Å²) >= 11 is 0. The summed E-state index contributed by atoms with van der Waals surface area (Å²) in [4.78, 5) is 56.8. The van der Waals surface area contributed by atoms with Crippen molar-refractivity contribution in [1.82, 2.24) is 25.2 Å². The molecule has 2 N–H and O–H groups in total. The van der Waals surface area contributed by atoms with E-state index in [0.29, 0.717) is 48.1 Å². The fourth-order valence-electron chi connectivity index (χ4n) is 5.29. The zero-order valence-corrected chi connectivity index (χ0v) is 25.2. The van der Waals surface area contributed by atoms with Crippen molar-refractivity contribution in [2.75, 3.05) is 26.8 Å². The molecule has 0 spiro atoms. The van der Waals surface area contributed by atoms with Crippen LogP contribution in [0.15, 0.2) is 71.8 Å². The van der Waals surface area contributed by atoms with E-state index in [1.165, 1.54) is 39.0 Å². The van der Waals surface area contributed by atoms with Gasteiger partial charge in [-0.3, -0.25) is 14.6 Å². The van der Waals surface area contributed by atoms with Gasteiger partial charge in [0.2, 0.25) is 0 Å². The molecule has 1 amide bonds. The molecule has 12 heteroatoms. The molecule has 5 rings (SSSR count). The maximum absolute atomic E-state index is 13.6. The van der Waals surface area contributed by atoms with Crippen LogP contribution in [0.4, 0.5) is 5.82 Å². The summed E-state index contributed by atoms with van der Waals surface area (Å²) in [7, 11) is 1.45. The van der Waals surface area contributed by atoms with E-state index < -0.39 is 17.7 Å². The van der Waals surface area contributed by atoms with Crippen LogP contribution >= 0.6 is 0 Å². The molecule has 0 atom stereocenters. The van der Waals surface area contributed by atoms with Gasteiger partial charge in [-0.2, -0.15) is 0 Å². The minimum atomic E-state index is -0.680. The van der Waals surface area contributed by atoms with Crippen LogP contribution in [-0.2, 0) is 9.53 Å². The number of aromatic amines is 1. The number of rotatable bonds is 9. The summed E-state index contributed by atoms with van der Waals surface area (Å²) < 4.78 is 10.6. The standard InChI is InChI=1S/C33H32N7O5/c1-4-45-33(43)24-14-23(15-35-16-24)27(21-8-6-5-7-9-21)22-10-12-40(13-11-22)32(42)30(41)25-17-36-29-28(25)26(44-3)18-37-31(29)39-19-38-20(2)34/h5-9,14-19H,4,10-13H2,1-3H3,(H2-,34,36,37,38,39,41,42)/q-1. The molecule has 230 valence electrons. The number of fused-ring (bicyclic) bond motifs is 1. The lowest BCUT2D eigenvalue weighted by atomic mass is 9.88. The molecule has 4 aromatic rings. The number of piperidine rings is 1. The summed E-state index contributed by atoms with van der Waals surface area (Å²) in [6, 6.07) is 11.6. The van der Waals surface area contributed by atoms with E-state index >= 15 is 0 Å². The van der Waals surface area contributed by atoms with Crippen molar-refractivity contribution in [2.45, 2.75) is 26.7 Å². The van der Waals surface area contributed by atoms with Crippen molar-refractivity contribution < 1.29 is 23.9 Å². The van der Waals surface area contributed by atoms with Crippen molar-refractivity contribution in [2.24, 2.45) is 4.99 Å². The van der Waals surface area contributed by atoms with E-state index in [1.54, 1.807) is 24.1 Å². The van der Waals surface area contributed by atoms with Gasteiger partial charge in [-0.1, -0.05) is 41.7 Å². The number of H-pyrrole nitrogens is 1. The van der Waals surface area contributed by atoms with E-state index in [4.69, 9.17) is 9.47 Å². The van der Waals surface area contributed by atoms with Crippen LogP contribution in [0.25, 0.3) is 21.9 Å². The Bertz CT molecular complexity index is 1820. The van der Waals surface area contributed by atoms with Gasteiger partial charge >= 0.3 is 5.97 Å². The van der Waals surface area contributed by atoms with Crippen LogP contribution in [0.3, 0.4) is 0 Å². The number of pyridine rings is 2. The summed E-state index contributed by atoms with van der Waals surface area (Å²) in [6.45, 7) is 4.14. The number of aliphatic imine (C=N–C) groups is 1. The highest BCUT2D eigenvalue weighted by molar-refractivity contribution is 6.45. The first-order valence-electron chi connectivity index (χ1n) is 14.4. The second kappa shape index (κ2) is 13.8. The Morgan fingerprint density at radius 3 is 2.51 bits per heavy atom. The number of carbonyl (C=O) groups excluding carboxylic acids is 3. The van der Waals surface area contributed by atoms with Gasteiger partial charge in [0.05, 0.1) is 41.9 Å². The molecule has 12 nitrogen and oxygen atoms in total. The van der Waals surface area contributed by atoms with Gasteiger partial charge in [-0.15, -0.1) is 0 Å². The van der Waals surface area contributed by atoms with Crippen LogP contribution in [0.5, 0.6) is 5.75 Å². The monoisotopic (exact) mass is 606 g/mol. The Kier molecular flexibility index (Phi) is 9.42. The number of carbonyl (C=O) groups is 3. The SMILES string of the molecule is CCOC(=O)c1cncc(C(=C2CCN(C(=O)C(=O)c3c[nH]c4c(N=CNC(C)=[N-])ncc(OC)c34)CC2)c2ccccc2)c1. The molecular weight excluding hydrogens is 574 g/mol. The molecule has 1 aliphatic rings. The summed E-state index contributed by atoms with van der Waals surface area (Å²) in [5, 5.41) is 12.3. The molecule has 0 saturated carbocycles. The Labute approximate surface area is 259 Å². The second-order valence-corrected chi connectivity index (χ2v) is 10.2. The topological polar surface area (TPSA) is 161 Å². The van der Waals surface area contributed by atoms with Crippen LogP contribution in [0.1, 0.15) is 58.5 Å². The van der Waals surface area contributed by atoms with E-state index in [1.807, 2.05) is 30.3 Å². The van der Waals surface area contributed by atoms with Crippen molar-refractivity contribution in [3.05, 3.63) is 94.4 Å². The summed E-state index contributed by atoms with van der Waals surface area (Å²) in [6.07, 6.45) is 8.41. The fourth-order valence-corrected chi connectivity index (χ4v) is 5.29. The third-order valence-corrected chi connectivity index (χ3v) is 7.38. The maximum Gasteiger partial charge on any atom is 0.339 e. The highest BCUT2D eigenvalue weighted by Crippen LogP contribution is 2.35. The van der Waals surface area contributed by atoms with Crippen LogP contribution in [0, 0.1) is 0 Å². The lowest BCUT2D eigenvalue weighted by Gasteiger charge is -2.30. The first kappa shape index (κ1) is 30.8. The third kappa shape index (κ3) is 6.64. The first-order chi connectivity index (χ1) is 21.8. The van der Waals surface area contributed by atoms with Gasteiger partial charge in [0.15, 0.2) is 5.82 Å². The lowest BCUT2D eigenvalue weighted by molar-refractivity contribution is -0.126. The number of aromatic nitrogens is 3. The molecule has 0 radical (unpaired) electrons. The molecule has 3 aromatic heterocycles. The number of hydrogen-bond donors (Lipinski definition) is 2. The van der Waals surface area contributed by atoms with E-state index in [9.17, 15) is 19.8 Å². The number of amidine groups is 1. The molecule has 0 unspecified atom stereocenters. The second-order valence-electron chi connectivity index (χ2n) is 10.2. The zero-order valence-electron chi connectivity index (χ0n) is 25.2. The highest BCUT2D eigenvalue weighted by atomic mass is 16.5. The number of esters is 1. The zero-order chi connectivity index (χ0) is 31.9. The number of methoxy groups -OCH3 is 1. The van der Waals surface area contributed by atoms with Crippen LogP contribution < -0.4 is 10.1 Å². The number of hydrogen-bond acceptors (Lipinski definition) is 8. The van der Waals surface area contributed by atoms with Crippen molar-refractivity contribution in [3.63, 3.8) is 0 Å². The van der Waals surface area contributed by atoms with Gasteiger partial charge in [-0.05, 0) is 43.9 Å². The van der Waals surface area contributed by atoms with Crippen LogP contribution in [0.2, 0.25) is 0 Å². The smallest absolute Gasteiger partial charge is 0.339 e. The lowest BCUT2D eigenvalue weighted by Crippen LogP contribution is -2.40. The largest absolute Gasteiger partial charge is 0.494 e. The minimum absolute atomic E-state index is 0.0475. The Morgan fingerprint density at radius 2 is 1.82 bits per heavy atom. The number of nitrogens with zero attached hydrogens (tertiary/aromatic N) is 5. The number of Topliss-reactive ketones (excluding diaryl/α,β-unsaturated/α-hetero) is 1. The number of ketones is 1. The predicted octanol–water partition coefficient (Wildman–Crippen LogP) is 4.69. The molecule has 1 aromatic carbocycles. The average Bonchev–Trinajstić information content (AvgIpc) is 3.51. The fraction of sp³-hybridized carbons (Fsp3) is 0.242. The van der Waals surface area contributed by atoms with Crippen LogP contribution in [-0.4, -0.2) is 76.5 Å². The van der Waals surface area contributed by atoms with Crippen molar-refractivity contribution >= 4 is 52.1 Å². The Morgan fingerprint density at radius 1 is 1.09 bits per heavy atom. The predicted molar refractivity (Wildman–Crippen MR) is 171 cm³/mol. The first-order valence-corrected chi connectivity index (χ1v) is 14.4. The third-order valence-electron chi connectivity index (χ3n) is 7.38. The van der Waals surface area contributed by atoms with E-state index in [0.717, 1.165) is 22.3 Å². The molecule has 1 aliphatic heterocycles. The highest BCUT2D eigenvalue weighted by Gasteiger charge is 2.30. The normalized spacial score (nSPS) is 13.1. The average molecular weight is 607 g/mol. The number of benzene rings is 1. The Hall–Kier alpha value is -5.65. The van der Waals surface area contributed by atoms with Crippen molar-refractivity contribution in [1.29, 1.82) is 0 Å². The molecule has 0 aliphatic carbocycles. The summed E-state index contributed by atoms with van der Waals surface area (Å²) in [5.41, 5.74) is 4.69. The van der Waals surface area contributed by atoms with Gasteiger partial charge in [0.25, 0.3) is 11.7 Å². The van der Waals surface area contributed by atoms with Gasteiger partial charge < -0.3 is 30.1 Å². The number of nitrogens with one attached hydrogen (secondary N) is 2. The molecule has 1 saturated heterocycles. The number of amides is 1. The number of ether oxygens (including phenoxy) is 2. The minimum Gasteiger partial charge on any atom is -0.494 e. The van der Waals surface area contributed by atoms with Crippen molar-refractivity contribution in [3.8, 4) is 5.75 Å². The Balaban J connectivity index is 1.41. The van der Waals surface area contributed by atoms with Gasteiger partial charge in [0.1, 0.15) is 5.75 Å². The van der Waals surface area contributed by atoms with E-state index in [2.05, 4.69) is 25.3 Å². The quantitative estimate of drug-likeness (QED) is 0.0912. The number of likely N-dealkylation sites (tertiary alicyclic amines) is 1. The molecule has 4 heterocycles. The van der Waals surface area contributed by atoms with Gasteiger partial charge in [0, 0.05) is 43.6 Å². The molecular formula is C33H32N7O5-. The molecule has 0 bridgehead atoms. The maximum atomic E-state index is 13.6. The van der Waals surface area contributed by atoms with E-state index in [-0.39, 0.29) is 23.8 Å².